The molecule has 0 bridgehead atoms. The molecular weight excluding hydrogens is 483 g/mol. The quantitative estimate of drug-likeness (QED) is 0.390. The summed E-state index contributed by atoms with van der Waals surface area (Å²) in [7, 11) is 0. The van der Waals surface area contributed by atoms with Crippen LogP contribution in [0.5, 0.6) is 11.5 Å². The summed E-state index contributed by atoms with van der Waals surface area (Å²) in [6, 6.07) is 20.8. The van der Waals surface area contributed by atoms with Crippen molar-refractivity contribution < 1.29 is 23.5 Å². The molecule has 7 heteroatoms. The highest BCUT2D eigenvalue weighted by Crippen LogP contribution is 2.31. The van der Waals surface area contributed by atoms with Crippen molar-refractivity contribution in [3.05, 3.63) is 95.3 Å². The van der Waals surface area contributed by atoms with Gasteiger partial charge in [-0.3, -0.25) is 9.59 Å². The lowest BCUT2D eigenvalue weighted by molar-refractivity contribution is -0.141. The fourth-order valence-electron chi connectivity index (χ4n) is 4.42. The van der Waals surface area contributed by atoms with E-state index in [4.69, 9.17) is 9.47 Å². The largest absolute Gasteiger partial charge is 0.486 e. The maximum absolute atomic E-state index is 14.7. The lowest BCUT2D eigenvalue weighted by Crippen LogP contribution is -2.51. The molecule has 1 N–H and O–H groups in total. The van der Waals surface area contributed by atoms with E-state index in [1.165, 1.54) is 11.0 Å². The Kier molecular flexibility index (Phi) is 9.35. The van der Waals surface area contributed by atoms with Gasteiger partial charge in [0.05, 0.1) is 0 Å². The number of ether oxygens (including phenoxy) is 2. The number of aryl methyl sites for hydroxylation is 1. The number of benzene rings is 3. The second kappa shape index (κ2) is 13.1. The van der Waals surface area contributed by atoms with Gasteiger partial charge in [-0.15, -0.1) is 0 Å². The number of amides is 2. The van der Waals surface area contributed by atoms with Gasteiger partial charge in [0.1, 0.15) is 25.1 Å². The monoisotopic (exact) mass is 518 g/mol. The first-order chi connectivity index (χ1) is 18.4. The Labute approximate surface area is 223 Å². The molecule has 38 heavy (non-hydrogen) atoms. The predicted octanol–water partition coefficient (Wildman–Crippen LogP) is 4.94. The topological polar surface area (TPSA) is 67.9 Å². The molecule has 200 valence electrons. The van der Waals surface area contributed by atoms with E-state index in [9.17, 15) is 14.0 Å². The van der Waals surface area contributed by atoms with Crippen LogP contribution in [0, 0.1) is 11.7 Å². The zero-order chi connectivity index (χ0) is 26.9. The van der Waals surface area contributed by atoms with Gasteiger partial charge in [0, 0.05) is 31.5 Å². The van der Waals surface area contributed by atoms with Gasteiger partial charge < -0.3 is 19.7 Å². The Bertz CT molecular complexity index is 1230. The van der Waals surface area contributed by atoms with Gasteiger partial charge in [0.2, 0.25) is 11.8 Å². The van der Waals surface area contributed by atoms with Gasteiger partial charge in [-0.2, -0.15) is 0 Å². The Morgan fingerprint density at radius 3 is 2.37 bits per heavy atom. The van der Waals surface area contributed by atoms with E-state index in [2.05, 4.69) is 5.32 Å². The summed E-state index contributed by atoms with van der Waals surface area (Å²) in [6.45, 7) is 5.52. The summed E-state index contributed by atoms with van der Waals surface area (Å²) >= 11 is 0. The van der Waals surface area contributed by atoms with E-state index in [0.29, 0.717) is 49.7 Å². The third-order valence-electron chi connectivity index (χ3n) is 6.49. The Hall–Kier alpha value is -3.87. The maximum Gasteiger partial charge on any atom is 0.243 e. The van der Waals surface area contributed by atoms with Crippen LogP contribution in [0.25, 0.3) is 0 Å². The molecule has 4 rings (SSSR count). The average Bonchev–Trinajstić information content (AvgIpc) is 2.93. The predicted molar refractivity (Wildman–Crippen MR) is 144 cm³/mol. The molecule has 0 fully saturated rings. The van der Waals surface area contributed by atoms with Crippen LogP contribution in [-0.2, 0) is 29.0 Å². The van der Waals surface area contributed by atoms with Crippen molar-refractivity contribution in [3.63, 3.8) is 0 Å². The van der Waals surface area contributed by atoms with E-state index < -0.39 is 11.9 Å². The molecule has 1 atom stereocenters. The summed E-state index contributed by atoms with van der Waals surface area (Å²) in [6.07, 6.45) is 0.945. The molecule has 0 spiro atoms. The molecule has 1 unspecified atom stereocenters. The summed E-state index contributed by atoms with van der Waals surface area (Å²) in [5, 5.41) is 2.99. The fraction of sp³-hybridized carbons (Fsp3) is 0.355. The van der Waals surface area contributed by atoms with Crippen LogP contribution >= 0.6 is 0 Å². The highest BCUT2D eigenvalue weighted by molar-refractivity contribution is 5.88. The number of hydrogen-bond acceptors (Lipinski definition) is 4. The van der Waals surface area contributed by atoms with Crippen LogP contribution in [0.2, 0.25) is 0 Å². The highest BCUT2D eigenvalue weighted by Gasteiger charge is 2.31. The molecule has 1 aliphatic heterocycles. The number of halogens is 1. The van der Waals surface area contributed by atoms with Crippen molar-refractivity contribution in [2.75, 3.05) is 19.8 Å². The maximum atomic E-state index is 14.7. The molecular formula is C31H35FN2O4. The minimum Gasteiger partial charge on any atom is -0.486 e. The molecule has 0 saturated carbocycles. The first-order valence-electron chi connectivity index (χ1n) is 13.1. The van der Waals surface area contributed by atoms with E-state index in [1.807, 2.05) is 62.4 Å². The summed E-state index contributed by atoms with van der Waals surface area (Å²) in [5.74, 6) is 0.743. The number of nitrogens with zero attached hydrogens (tertiary/aromatic N) is 1. The van der Waals surface area contributed by atoms with E-state index >= 15 is 0 Å². The second-order valence-corrected chi connectivity index (χ2v) is 9.94. The second-order valence-electron chi connectivity index (χ2n) is 9.94. The molecule has 3 aromatic rings. The minimum atomic E-state index is -0.788. The minimum absolute atomic E-state index is 0.000750. The normalized spacial score (nSPS) is 13.2. The molecule has 2 amide bonds. The van der Waals surface area contributed by atoms with Crippen LogP contribution in [0.1, 0.15) is 37.0 Å². The van der Waals surface area contributed by atoms with Gasteiger partial charge in [-0.25, -0.2) is 4.39 Å². The summed E-state index contributed by atoms with van der Waals surface area (Å²) in [5.41, 5.74) is 2.22. The number of fused-ring (bicyclic) bond motifs is 1. The van der Waals surface area contributed by atoms with E-state index in [1.54, 1.807) is 18.2 Å². The number of carbonyl (C=O) groups is 2. The van der Waals surface area contributed by atoms with E-state index in [0.717, 1.165) is 11.1 Å². The van der Waals surface area contributed by atoms with Gasteiger partial charge in [-0.05, 0) is 41.7 Å². The molecule has 6 nitrogen and oxygen atoms in total. The molecule has 3 aromatic carbocycles. The van der Waals surface area contributed by atoms with E-state index in [-0.39, 0.29) is 30.7 Å². The van der Waals surface area contributed by atoms with Crippen molar-refractivity contribution in [2.24, 2.45) is 5.92 Å². The van der Waals surface area contributed by atoms with Crippen molar-refractivity contribution >= 4 is 11.8 Å². The zero-order valence-corrected chi connectivity index (χ0v) is 22.0. The number of hydrogen-bond donors (Lipinski definition) is 1. The number of carbonyl (C=O) groups excluding carboxylic acids is 2. The van der Waals surface area contributed by atoms with Crippen LogP contribution < -0.4 is 14.8 Å². The Balaban J connectivity index is 1.59. The first kappa shape index (κ1) is 27.2. The standard InChI is InChI=1S/C31H35FN2O4/c1-22(2)20-33-31(36)27(18-23-8-4-3-5-9-23)34(21-25-10-6-7-11-26(25)32)30(35)15-13-24-12-14-28-29(19-24)38-17-16-37-28/h3-12,14,19,22,27H,13,15-18,20-21H2,1-2H3,(H,33,36). The van der Waals surface area contributed by atoms with Gasteiger partial charge in [0.25, 0.3) is 0 Å². The molecule has 0 radical (unpaired) electrons. The van der Waals surface area contributed by atoms with Crippen molar-refractivity contribution in [1.82, 2.24) is 10.2 Å². The van der Waals surface area contributed by atoms with Crippen LogP contribution in [-0.4, -0.2) is 42.5 Å². The Morgan fingerprint density at radius 1 is 0.921 bits per heavy atom. The molecule has 1 aliphatic rings. The molecule has 1 heterocycles. The number of nitrogens with one attached hydrogen (secondary N) is 1. The van der Waals surface area contributed by atoms with Crippen molar-refractivity contribution in [2.45, 2.75) is 45.7 Å². The summed E-state index contributed by atoms with van der Waals surface area (Å²) in [4.78, 5) is 28.8. The first-order valence-corrected chi connectivity index (χ1v) is 13.1. The summed E-state index contributed by atoms with van der Waals surface area (Å²) < 4.78 is 26.0. The Morgan fingerprint density at radius 2 is 1.63 bits per heavy atom. The smallest absolute Gasteiger partial charge is 0.243 e. The van der Waals surface area contributed by atoms with Crippen LogP contribution in [0.3, 0.4) is 0 Å². The zero-order valence-electron chi connectivity index (χ0n) is 22.0. The SMILES string of the molecule is CC(C)CNC(=O)C(Cc1ccccc1)N(Cc1ccccc1F)C(=O)CCc1ccc2c(c1)OCCO2. The fourth-order valence-corrected chi connectivity index (χ4v) is 4.42. The molecule has 0 aliphatic carbocycles. The highest BCUT2D eigenvalue weighted by atomic mass is 19.1. The molecule has 0 aromatic heterocycles. The van der Waals surface area contributed by atoms with Crippen molar-refractivity contribution in [1.29, 1.82) is 0 Å². The van der Waals surface area contributed by atoms with Crippen LogP contribution in [0.15, 0.2) is 72.8 Å². The van der Waals surface area contributed by atoms with Gasteiger partial charge in [-0.1, -0.05) is 68.4 Å². The molecule has 0 saturated heterocycles. The van der Waals surface area contributed by atoms with Crippen molar-refractivity contribution in [3.8, 4) is 11.5 Å². The van der Waals surface area contributed by atoms with Crippen LogP contribution in [0.4, 0.5) is 4.39 Å². The lowest BCUT2D eigenvalue weighted by Gasteiger charge is -2.32. The van der Waals surface area contributed by atoms with Gasteiger partial charge >= 0.3 is 0 Å². The average molecular weight is 519 g/mol. The number of rotatable bonds is 11. The third kappa shape index (κ3) is 7.34. The third-order valence-corrected chi connectivity index (χ3v) is 6.49. The lowest BCUT2D eigenvalue weighted by atomic mass is 10.0. The van der Waals surface area contributed by atoms with Gasteiger partial charge in [0.15, 0.2) is 11.5 Å².